The van der Waals surface area contributed by atoms with E-state index in [-0.39, 0.29) is 6.04 Å². The van der Waals surface area contributed by atoms with Gasteiger partial charge < -0.3 is 15.2 Å². The fourth-order valence-electron chi connectivity index (χ4n) is 1.89. The molecule has 2 heterocycles. The van der Waals surface area contributed by atoms with Gasteiger partial charge in [0.1, 0.15) is 4.88 Å². The zero-order valence-electron chi connectivity index (χ0n) is 11.9. The van der Waals surface area contributed by atoms with E-state index in [2.05, 4.69) is 28.9 Å². The minimum Gasteiger partial charge on any atom is -0.333 e. The van der Waals surface area contributed by atoms with E-state index in [0.717, 1.165) is 23.5 Å². The van der Waals surface area contributed by atoms with Crippen LogP contribution in [0.1, 0.15) is 31.3 Å². The van der Waals surface area contributed by atoms with Crippen molar-refractivity contribution in [2.45, 2.75) is 26.8 Å². The lowest BCUT2D eigenvalue weighted by atomic mass is 10.2. The van der Waals surface area contributed by atoms with E-state index in [9.17, 15) is 0 Å². The van der Waals surface area contributed by atoms with Gasteiger partial charge >= 0.3 is 0 Å². The maximum atomic E-state index is 6.20. The molecule has 2 aromatic heterocycles. The molecule has 0 aliphatic rings. The number of nitrogens with two attached hydrogens (primary N) is 1. The van der Waals surface area contributed by atoms with Crippen molar-refractivity contribution in [2.24, 2.45) is 5.73 Å². The molecule has 1 unspecified atom stereocenters. The van der Waals surface area contributed by atoms with E-state index in [4.69, 9.17) is 21.9 Å². The molecule has 0 aromatic carbocycles. The Morgan fingerprint density at radius 2 is 2.15 bits per heavy atom. The first-order valence-corrected chi connectivity index (χ1v) is 7.88. The molecule has 2 aromatic rings. The summed E-state index contributed by atoms with van der Waals surface area (Å²) in [5.74, 6) is 0.965. The first-order chi connectivity index (χ1) is 9.56. The Hall–Kier alpha value is -0.950. The molecule has 2 N–H and O–H groups in total. The number of rotatable bonds is 6. The molecular weight excluding hydrogens is 296 g/mol. The van der Waals surface area contributed by atoms with Crippen molar-refractivity contribution in [3.63, 3.8) is 0 Å². The number of aromatic nitrogens is 2. The molecule has 0 radical (unpaired) electrons. The van der Waals surface area contributed by atoms with Crippen LogP contribution >= 0.6 is 22.9 Å². The Morgan fingerprint density at radius 3 is 2.70 bits per heavy atom. The van der Waals surface area contributed by atoms with E-state index in [1.165, 1.54) is 11.3 Å². The van der Waals surface area contributed by atoms with Gasteiger partial charge in [0.05, 0.1) is 11.1 Å². The summed E-state index contributed by atoms with van der Waals surface area (Å²) in [6, 6.07) is -0.257. The topological polar surface area (TPSA) is 68.2 Å². The maximum absolute atomic E-state index is 6.20. The van der Waals surface area contributed by atoms with Crippen LogP contribution in [0.4, 0.5) is 0 Å². The number of hydrogen-bond donors (Lipinski definition) is 1. The van der Waals surface area contributed by atoms with Crippen LogP contribution in [0.3, 0.4) is 0 Å². The Labute approximate surface area is 127 Å². The molecule has 0 spiro atoms. The van der Waals surface area contributed by atoms with Crippen LogP contribution in [-0.2, 0) is 0 Å². The fourth-order valence-corrected chi connectivity index (χ4v) is 3.09. The number of halogens is 1. The van der Waals surface area contributed by atoms with E-state index in [1.54, 1.807) is 0 Å². The van der Waals surface area contributed by atoms with E-state index < -0.39 is 0 Å². The summed E-state index contributed by atoms with van der Waals surface area (Å²) in [6.07, 6.45) is 0. The molecule has 1 atom stereocenters. The molecule has 0 aliphatic carbocycles. The van der Waals surface area contributed by atoms with Crippen LogP contribution in [0.15, 0.2) is 9.90 Å². The van der Waals surface area contributed by atoms with Crippen LogP contribution < -0.4 is 5.73 Å². The standard InChI is InChI=1S/C13H19ClN4OS/c1-4-18(5-2)6-9(15)12-16-13(19-17-12)11-10(14)8(3)7-20-11/h7,9H,4-6,15H2,1-3H3. The molecule has 110 valence electrons. The third kappa shape index (κ3) is 3.20. The van der Waals surface area contributed by atoms with E-state index in [1.807, 2.05) is 12.3 Å². The van der Waals surface area contributed by atoms with Crippen LogP contribution in [0.5, 0.6) is 0 Å². The number of aryl methyl sites for hydroxylation is 1. The lowest BCUT2D eigenvalue weighted by molar-refractivity contribution is 0.278. The largest absolute Gasteiger partial charge is 0.333 e. The predicted octanol–water partition coefficient (Wildman–Crippen LogP) is 3.10. The normalized spacial score (nSPS) is 13.1. The van der Waals surface area contributed by atoms with Crippen molar-refractivity contribution in [1.29, 1.82) is 0 Å². The number of nitrogens with zero attached hydrogens (tertiary/aromatic N) is 3. The van der Waals surface area contributed by atoms with E-state index >= 15 is 0 Å². The molecular formula is C13H19ClN4OS. The maximum Gasteiger partial charge on any atom is 0.269 e. The van der Waals surface area contributed by atoms with E-state index in [0.29, 0.717) is 23.3 Å². The van der Waals surface area contributed by atoms with Crippen LogP contribution in [-0.4, -0.2) is 34.7 Å². The molecule has 0 amide bonds. The van der Waals surface area contributed by atoms with Crippen molar-refractivity contribution in [1.82, 2.24) is 15.0 Å². The molecule has 7 heteroatoms. The smallest absolute Gasteiger partial charge is 0.269 e. The van der Waals surface area contributed by atoms with Gasteiger partial charge in [0.15, 0.2) is 5.82 Å². The molecule has 0 saturated carbocycles. The molecule has 20 heavy (non-hydrogen) atoms. The lowest BCUT2D eigenvalue weighted by Gasteiger charge is -2.20. The van der Waals surface area contributed by atoms with Crippen molar-refractivity contribution in [3.05, 3.63) is 21.8 Å². The molecule has 0 saturated heterocycles. The van der Waals surface area contributed by atoms with Gasteiger partial charge in [0.25, 0.3) is 5.89 Å². The highest BCUT2D eigenvalue weighted by Gasteiger charge is 2.20. The predicted molar refractivity (Wildman–Crippen MR) is 82.1 cm³/mol. The SMILES string of the molecule is CCN(CC)CC(N)c1noc(-c2scc(C)c2Cl)n1. The monoisotopic (exact) mass is 314 g/mol. The summed E-state index contributed by atoms with van der Waals surface area (Å²) in [4.78, 5) is 7.40. The van der Waals surface area contributed by atoms with Crippen molar-refractivity contribution in [3.8, 4) is 10.8 Å². The van der Waals surface area contributed by atoms with Crippen LogP contribution in [0, 0.1) is 6.92 Å². The Balaban J connectivity index is 2.14. The fraction of sp³-hybridized carbons (Fsp3) is 0.538. The van der Waals surface area contributed by atoms with Crippen LogP contribution in [0.25, 0.3) is 10.8 Å². The van der Waals surface area contributed by atoms with Gasteiger partial charge in [0, 0.05) is 6.54 Å². The van der Waals surface area contributed by atoms with Gasteiger partial charge in [-0.05, 0) is 31.0 Å². The summed E-state index contributed by atoms with van der Waals surface area (Å²) < 4.78 is 5.28. The van der Waals surface area contributed by atoms with Gasteiger partial charge in [-0.25, -0.2) is 0 Å². The molecule has 2 rings (SSSR count). The van der Waals surface area contributed by atoms with Crippen LogP contribution in [0.2, 0.25) is 5.02 Å². The first-order valence-electron chi connectivity index (χ1n) is 6.62. The quantitative estimate of drug-likeness (QED) is 0.887. The third-order valence-corrected chi connectivity index (χ3v) is 4.90. The highest BCUT2D eigenvalue weighted by Crippen LogP contribution is 2.35. The van der Waals surface area contributed by atoms with Gasteiger partial charge in [0.2, 0.25) is 0 Å². The Bertz CT molecular complexity index is 564. The average Bonchev–Trinajstić information content (AvgIpc) is 3.04. The minimum atomic E-state index is -0.257. The minimum absolute atomic E-state index is 0.257. The zero-order chi connectivity index (χ0) is 14.7. The summed E-state index contributed by atoms with van der Waals surface area (Å²) in [6.45, 7) is 8.77. The first kappa shape index (κ1) is 15.4. The number of hydrogen-bond acceptors (Lipinski definition) is 6. The Morgan fingerprint density at radius 1 is 1.45 bits per heavy atom. The second kappa shape index (κ2) is 6.67. The number of thiophene rings is 1. The highest BCUT2D eigenvalue weighted by atomic mass is 35.5. The molecule has 0 aliphatic heterocycles. The average molecular weight is 315 g/mol. The van der Waals surface area contributed by atoms with Gasteiger partial charge in [-0.3, -0.25) is 0 Å². The molecule has 5 nitrogen and oxygen atoms in total. The van der Waals surface area contributed by atoms with Crippen molar-refractivity contribution in [2.75, 3.05) is 19.6 Å². The lowest BCUT2D eigenvalue weighted by Crippen LogP contribution is -2.32. The summed E-state index contributed by atoms with van der Waals surface area (Å²) in [7, 11) is 0. The van der Waals surface area contributed by atoms with Gasteiger partial charge in [-0.1, -0.05) is 30.6 Å². The van der Waals surface area contributed by atoms with Gasteiger partial charge in [-0.2, -0.15) is 4.98 Å². The summed E-state index contributed by atoms with van der Waals surface area (Å²) in [5.41, 5.74) is 7.14. The number of likely N-dealkylation sites (N-methyl/N-ethyl adjacent to an activating group) is 1. The molecule has 0 fully saturated rings. The second-order valence-corrected chi connectivity index (χ2v) is 5.87. The summed E-state index contributed by atoms with van der Waals surface area (Å²) >= 11 is 7.70. The summed E-state index contributed by atoms with van der Waals surface area (Å²) in [5, 5.41) is 6.61. The second-order valence-electron chi connectivity index (χ2n) is 4.61. The van der Waals surface area contributed by atoms with Crippen molar-refractivity contribution < 1.29 is 4.52 Å². The highest BCUT2D eigenvalue weighted by molar-refractivity contribution is 7.14. The third-order valence-electron chi connectivity index (χ3n) is 3.22. The Kier molecular flexibility index (Phi) is 5.15. The van der Waals surface area contributed by atoms with Crippen molar-refractivity contribution >= 4 is 22.9 Å². The molecule has 0 bridgehead atoms. The van der Waals surface area contributed by atoms with Gasteiger partial charge in [-0.15, -0.1) is 11.3 Å². The zero-order valence-corrected chi connectivity index (χ0v) is 13.5.